The third-order valence-corrected chi connectivity index (χ3v) is 3.98. The number of carbonyl (C=O) groups excluding carboxylic acids is 1. The lowest BCUT2D eigenvalue weighted by atomic mass is 10.1. The van der Waals surface area contributed by atoms with Gasteiger partial charge in [-0.15, -0.1) is 0 Å². The van der Waals surface area contributed by atoms with E-state index in [1.165, 1.54) is 5.56 Å². The molecule has 116 valence electrons. The van der Waals surface area contributed by atoms with Crippen LogP contribution in [0, 0.1) is 0 Å². The van der Waals surface area contributed by atoms with Crippen molar-refractivity contribution < 1.29 is 4.79 Å². The first-order valence-electron chi connectivity index (χ1n) is 7.34. The monoisotopic (exact) mass is 300 g/mol. The molecule has 1 saturated heterocycles. The average Bonchev–Trinajstić information content (AvgIpc) is 3.00. The second kappa shape index (κ2) is 6.25. The van der Waals surface area contributed by atoms with E-state index in [0.717, 1.165) is 38.3 Å². The number of nitrogens with zero attached hydrogens (tertiary/aromatic N) is 4. The molecule has 1 fully saturated rings. The lowest BCUT2D eigenvalue weighted by Crippen LogP contribution is -2.43. The number of aromatic amines is 1. The number of nitrogens with two attached hydrogens (primary N) is 1. The molecule has 1 aliphatic rings. The molecule has 0 unspecified atom stereocenters. The molecular weight excluding hydrogens is 280 g/mol. The number of piperazine rings is 1. The van der Waals surface area contributed by atoms with E-state index < -0.39 is 5.91 Å². The molecule has 1 aromatic heterocycles. The van der Waals surface area contributed by atoms with E-state index >= 15 is 0 Å². The SMILES string of the molecule is CN1CCN(Cc2cccc(-c3n[nH]nc3C(N)=O)c2)CC1. The second-order valence-electron chi connectivity index (χ2n) is 5.66. The predicted molar refractivity (Wildman–Crippen MR) is 83.1 cm³/mol. The van der Waals surface area contributed by atoms with Crippen molar-refractivity contribution in [3.63, 3.8) is 0 Å². The Balaban J connectivity index is 1.78. The Hall–Kier alpha value is -2.25. The molecule has 0 atom stereocenters. The van der Waals surface area contributed by atoms with Crippen molar-refractivity contribution >= 4 is 5.91 Å². The summed E-state index contributed by atoms with van der Waals surface area (Å²) in [5.41, 5.74) is 8.06. The summed E-state index contributed by atoms with van der Waals surface area (Å²) in [4.78, 5) is 16.1. The summed E-state index contributed by atoms with van der Waals surface area (Å²) in [5.74, 6) is -0.576. The molecule has 2 aromatic rings. The largest absolute Gasteiger partial charge is 0.364 e. The van der Waals surface area contributed by atoms with Crippen LogP contribution in [-0.4, -0.2) is 64.3 Å². The number of primary amides is 1. The topological polar surface area (TPSA) is 91.1 Å². The van der Waals surface area contributed by atoms with Gasteiger partial charge in [0.25, 0.3) is 5.91 Å². The van der Waals surface area contributed by atoms with Gasteiger partial charge in [0, 0.05) is 38.3 Å². The summed E-state index contributed by atoms with van der Waals surface area (Å²) in [6, 6.07) is 8.02. The van der Waals surface area contributed by atoms with Gasteiger partial charge in [0.1, 0.15) is 5.69 Å². The van der Waals surface area contributed by atoms with Crippen molar-refractivity contribution in [3.05, 3.63) is 35.5 Å². The molecule has 0 aliphatic carbocycles. The summed E-state index contributed by atoms with van der Waals surface area (Å²) in [6.45, 7) is 5.21. The van der Waals surface area contributed by atoms with E-state index in [4.69, 9.17) is 5.73 Å². The summed E-state index contributed by atoms with van der Waals surface area (Å²) >= 11 is 0. The fraction of sp³-hybridized carbons (Fsp3) is 0.400. The lowest BCUT2D eigenvalue weighted by molar-refractivity contribution is 0.0996. The van der Waals surface area contributed by atoms with Crippen molar-refractivity contribution in [2.24, 2.45) is 5.73 Å². The van der Waals surface area contributed by atoms with Gasteiger partial charge < -0.3 is 10.6 Å². The molecular formula is C15H20N6O. The van der Waals surface area contributed by atoms with Crippen molar-refractivity contribution in [3.8, 4) is 11.3 Å². The van der Waals surface area contributed by atoms with Crippen molar-refractivity contribution in [1.29, 1.82) is 0 Å². The van der Waals surface area contributed by atoms with Crippen LogP contribution in [0.15, 0.2) is 24.3 Å². The number of hydrogen-bond acceptors (Lipinski definition) is 5. The number of carbonyl (C=O) groups is 1. The van der Waals surface area contributed by atoms with Gasteiger partial charge in [0.05, 0.1) is 0 Å². The predicted octanol–water partition coefficient (Wildman–Crippen LogP) is 0.318. The number of rotatable bonds is 4. The molecule has 0 saturated carbocycles. The van der Waals surface area contributed by atoms with Gasteiger partial charge in [-0.05, 0) is 18.7 Å². The van der Waals surface area contributed by atoms with E-state index in [1.54, 1.807) is 0 Å². The van der Waals surface area contributed by atoms with E-state index in [9.17, 15) is 4.79 Å². The molecule has 0 bridgehead atoms. The van der Waals surface area contributed by atoms with Crippen LogP contribution in [0.1, 0.15) is 16.1 Å². The zero-order valence-electron chi connectivity index (χ0n) is 12.6. The maximum atomic E-state index is 11.4. The fourth-order valence-corrected chi connectivity index (χ4v) is 2.69. The molecule has 1 aromatic carbocycles. The highest BCUT2D eigenvalue weighted by molar-refractivity contribution is 5.96. The molecule has 3 rings (SSSR count). The number of hydrogen-bond donors (Lipinski definition) is 2. The van der Waals surface area contributed by atoms with Crippen molar-refractivity contribution in [2.75, 3.05) is 33.2 Å². The van der Waals surface area contributed by atoms with Crippen LogP contribution in [0.5, 0.6) is 0 Å². The van der Waals surface area contributed by atoms with E-state index in [-0.39, 0.29) is 5.69 Å². The van der Waals surface area contributed by atoms with Crippen molar-refractivity contribution in [2.45, 2.75) is 6.54 Å². The van der Waals surface area contributed by atoms with Crippen LogP contribution < -0.4 is 5.73 Å². The number of likely N-dealkylation sites (N-methyl/N-ethyl adjacent to an activating group) is 1. The van der Waals surface area contributed by atoms with Gasteiger partial charge in [-0.3, -0.25) is 9.69 Å². The van der Waals surface area contributed by atoms with Crippen molar-refractivity contribution in [1.82, 2.24) is 25.2 Å². The fourth-order valence-electron chi connectivity index (χ4n) is 2.69. The smallest absolute Gasteiger partial charge is 0.271 e. The Morgan fingerprint density at radius 2 is 2.05 bits per heavy atom. The number of H-pyrrole nitrogens is 1. The van der Waals surface area contributed by atoms with Crippen LogP contribution >= 0.6 is 0 Å². The van der Waals surface area contributed by atoms with E-state index in [1.807, 2.05) is 18.2 Å². The second-order valence-corrected chi connectivity index (χ2v) is 5.66. The highest BCUT2D eigenvalue weighted by Crippen LogP contribution is 2.21. The number of amides is 1. The Bertz CT molecular complexity index is 660. The molecule has 1 aliphatic heterocycles. The number of nitrogens with one attached hydrogen (secondary N) is 1. The van der Waals surface area contributed by atoms with Gasteiger partial charge in [0.15, 0.2) is 5.69 Å². The van der Waals surface area contributed by atoms with Gasteiger partial charge >= 0.3 is 0 Å². The molecule has 3 N–H and O–H groups in total. The summed E-state index contributed by atoms with van der Waals surface area (Å²) < 4.78 is 0. The van der Waals surface area contributed by atoms with Crippen LogP contribution in [0.4, 0.5) is 0 Å². The molecule has 0 radical (unpaired) electrons. The number of benzene rings is 1. The third kappa shape index (κ3) is 3.15. The first-order chi connectivity index (χ1) is 10.6. The Kier molecular flexibility index (Phi) is 4.17. The first kappa shape index (κ1) is 14.7. The van der Waals surface area contributed by atoms with Gasteiger partial charge in [-0.1, -0.05) is 18.2 Å². The molecule has 1 amide bonds. The highest BCUT2D eigenvalue weighted by Gasteiger charge is 2.17. The normalized spacial score (nSPS) is 16.8. The third-order valence-electron chi connectivity index (χ3n) is 3.98. The summed E-state index contributed by atoms with van der Waals surface area (Å²) in [5, 5.41) is 10.3. The van der Waals surface area contributed by atoms with E-state index in [0.29, 0.717) is 5.69 Å². The zero-order chi connectivity index (χ0) is 15.5. The van der Waals surface area contributed by atoms with E-state index in [2.05, 4.69) is 38.3 Å². The lowest BCUT2D eigenvalue weighted by Gasteiger charge is -2.32. The van der Waals surface area contributed by atoms with Gasteiger partial charge in [-0.25, -0.2) is 0 Å². The Morgan fingerprint density at radius 1 is 1.27 bits per heavy atom. The maximum absolute atomic E-state index is 11.4. The molecule has 22 heavy (non-hydrogen) atoms. The molecule has 2 heterocycles. The minimum absolute atomic E-state index is 0.178. The minimum atomic E-state index is -0.576. The van der Waals surface area contributed by atoms with Crippen LogP contribution in [0.25, 0.3) is 11.3 Å². The molecule has 0 spiro atoms. The van der Waals surface area contributed by atoms with Crippen LogP contribution in [0.3, 0.4) is 0 Å². The number of aromatic nitrogens is 3. The van der Waals surface area contributed by atoms with Crippen LogP contribution in [0.2, 0.25) is 0 Å². The first-order valence-corrected chi connectivity index (χ1v) is 7.34. The molecule has 7 heteroatoms. The van der Waals surface area contributed by atoms with Gasteiger partial charge in [-0.2, -0.15) is 15.4 Å². The zero-order valence-corrected chi connectivity index (χ0v) is 12.6. The quantitative estimate of drug-likeness (QED) is 0.848. The Labute approximate surface area is 129 Å². The summed E-state index contributed by atoms with van der Waals surface area (Å²) in [7, 11) is 2.15. The minimum Gasteiger partial charge on any atom is -0.364 e. The average molecular weight is 300 g/mol. The highest BCUT2D eigenvalue weighted by atomic mass is 16.1. The molecule has 7 nitrogen and oxygen atoms in total. The Morgan fingerprint density at radius 3 is 2.77 bits per heavy atom. The van der Waals surface area contributed by atoms with Gasteiger partial charge in [0.2, 0.25) is 0 Å². The van der Waals surface area contributed by atoms with Crippen LogP contribution in [-0.2, 0) is 6.54 Å². The maximum Gasteiger partial charge on any atom is 0.271 e. The summed E-state index contributed by atoms with van der Waals surface area (Å²) in [6.07, 6.45) is 0. The standard InChI is InChI=1S/C15H20N6O/c1-20-5-7-21(8-6-20)10-11-3-2-4-12(9-11)13-14(15(16)22)18-19-17-13/h2-4,9H,5-8,10H2,1H3,(H2,16,22)(H,17,18,19).